The third-order valence-corrected chi connectivity index (χ3v) is 5.35. The zero-order chi connectivity index (χ0) is 18.2. The molecule has 3 rings (SSSR count). The van der Waals surface area contributed by atoms with Crippen molar-refractivity contribution in [2.24, 2.45) is 10.9 Å². The van der Waals surface area contributed by atoms with Crippen LogP contribution in [0.3, 0.4) is 0 Å². The fourth-order valence-corrected chi connectivity index (χ4v) is 3.71. The van der Waals surface area contributed by atoms with Crippen molar-refractivity contribution in [1.29, 1.82) is 0 Å². The zero-order valence-electron chi connectivity index (χ0n) is 16.2. The van der Waals surface area contributed by atoms with Gasteiger partial charge in [0.2, 0.25) is 0 Å². The van der Waals surface area contributed by atoms with Crippen LogP contribution in [0.5, 0.6) is 0 Å². The first-order valence-corrected chi connectivity index (χ1v) is 10.0. The molecule has 2 heterocycles. The second-order valence-electron chi connectivity index (χ2n) is 7.33. The number of piperidine rings is 1. The zero-order valence-corrected chi connectivity index (χ0v) is 16.2. The molecule has 1 aliphatic heterocycles. The summed E-state index contributed by atoms with van der Waals surface area (Å²) in [6.45, 7) is 7.29. The summed E-state index contributed by atoms with van der Waals surface area (Å²) in [5.74, 6) is 1.78. The molecule has 0 unspecified atom stereocenters. The summed E-state index contributed by atoms with van der Waals surface area (Å²) in [5.41, 5.74) is 2.57. The van der Waals surface area contributed by atoms with Gasteiger partial charge in [0, 0.05) is 36.7 Å². The SMILES string of the molecule is CCNC(=NCCC1CCN(C)CC1)NCCc1c[nH]c2ccccc12. The summed E-state index contributed by atoms with van der Waals surface area (Å²) in [6, 6.07) is 8.48. The van der Waals surface area contributed by atoms with Gasteiger partial charge in [0.25, 0.3) is 0 Å². The Bertz CT molecular complexity index is 697. The molecule has 2 aromatic rings. The number of hydrogen-bond donors (Lipinski definition) is 3. The first-order valence-electron chi connectivity index (χ1n) is 10.0. The van der Waals surface area contributed by atoms with Gasteiger partial charge in [0.1, 0.15) is 0 Å². The van der Waals surface area contributed by atoms with Crippen LogP contribution in [0.1, 0.15) is 31.7 Å². The summed E-state index contributed by atoms with van der Waals surface area (Å²) < 4.78 is 0. The van der Waals surface area contributed by atoms with E-state index in [9.17, 15) is 0 Å². The highest BCUT2D eigenvalue weighted by molar-refractivity contribution is 5.83. The van der Waals surface area contributed by atoms with E-state index in [1.807, 2.05) is 0 Å². The van der Waals surface area contributed by atoms with E-state index < -0.39 is 0 Å². The number of rotatable bonds is 7. The Morgan fingerprint density at radius 2 is 2.04 bits per heavy atom. The standard InChI is InChI=1S/C21H33N5/c1-3-22-21(23-12-8-17-10-14-26(2)15-11-17)24-13-9-18-16-25-20-7-5-4-6-19(18)20/h4-7,16-17,25H,3,8-15H2,1-2H3,(H2,22,23,24). The Morgan fingerprint density at radius 1 is 1.23 bits per heavy atom. The van der Waals surface area contributed by atoms with Crippen molar-refractivity contribution in [3.8, 4) is 0 Å². The van der Waals surface area contributed by atoms with E-state index in [1.54, 1.807) is 0 Å². The molecule has 0 radical (unpaired) electrons. The van der Waals surface area contributed by atoms with Crippen LogP contribution >= 0.6 is 0 Å². The van der Waals surface area contributed by atoms with Gasteiger partial charge in [-0.15, -0.1) is 0 Å². The summed E-state index contributed by atoms with van der Waals surface area (Å²) >= 11 is 0. The predicted octanol–water partition coefficient (Wildman–Crippen LogP) is 3.00. The molecular formula is C21H33N5. The third-order valence-electron chi connectivity index (χ3n) is 5.35. The van der Waals surface area contributed by atoms with Gasteiger partial charge in [0.05, 0.1) is 0 Å². The van der Waals surface area contributed by atoms with Crippen LogP contribution in [-0.4, -0.2) is 55.6 Å². The number of aromatic amines is 1. The molecule has 0 bridgehead atoms. The van der Waals surface area contributed by atoms with Gasteiger partial charge < -0.3 is 20.5 Å². The molecular weight excluding hydrogens is 322 g/mol. The molecule has 0 aliphatic carbocycles. The molecule has 0 amide bonds. The van der Waals surface area contributed by atoms with E-state index in [4.69, 9.17) is 4.99 Å². The number of hydrogen-bond acceptors (Lipinski definition) is 2. The Labute approximate surface area is 157 Å². The number of likely N-dealkylation sites (tertiary alicyclic amines) is 1. The lowest BCUT2D eigenvalue weighted by Crippen LogP contribution is -2.38. The lowest BCUT2D eigenvalue weighted by atomic mass is 9.94. The van der Waals surface area contributed by atoms with Gasteiger partial charge in [0.15, 0.2) is 5.96 Å². The monoisotopic (exact) mass is 355 g/mol. The quantitative estimate of drug-likeness (QED) is 0.529. The third kappa shape index (κ3) is 5.24. The summed E-state index contributed by atoms with van der Waals surface area (Å²) in [6.07, 6.45) is 6.94. The van der Waals surface area contributed by atoms with E-state index in [1.165, 1.54) is 48.8 Å². The Morgan fingerprint density at radius 3 is 2.85 bits per heavy atom. The molecule has 1 saturated heterocycles. The highest BCUT2D eigenvalue weighted by atomic mass is 15.2. The van der Waals surface area contributed by atoms with Crippen molar-refractivity contribution in [2.75, 3.05) is 39.8 Å². The maximum absolute atomic E-state index is 4.78. The first kappa shape index (κ1) is 18.8. The second kappa shape index (κ2) is 9.62. The number of nitrogens with zero attached hydrogens (tertiary/aromatic N) is 2. The first-order chi connectivity index (χ1) is 12.8. The lowest BCUT2D eigenvalue weighted by molar-refractivity contribution is 0.214. The fourth-order valence-electron chi connectivity index (χ4n) is 3.71. The number of para-hydroxylation sites is 1. The highest BCUT2D eigenvalue weighted by Gasteiger charge is 2.15. The van der Waals surface area contributed by atoms with Gasteiger partial charge in [-0.25, -0.2) is 0 Å². The second-order valence-corrected chi connectivity index (χ2v) is 7.33. The van der Waals surface area contributed by atoms with Crippen molar-refractivity contribution in [3.63, 3.8) is 0 Å². The van der Waals surface area contributed by atoms with Crippen molar-refractivity contribution in [2.45, 2.75) is 32.6 Å². The molecule has 3 N–H and O–H groups in total. The average molecular weight is 356 g/mol. The molecule has 142 valence electrons. The van der Waals surface area contributed by atoms with Crippen LogP contribution in [0, 0.1) is 5.92 Å². The number of guanidine groups is 1. The average Bonchev–Trinajstić information content (AvgIpc) is 3.07. The molecule has 26 heavy (non-hydrogen) atoms. The molecule has 0 saturated carbocycles. The maximum Gasteiger partial charge on any atom is 0.191 e. The van der Waals surface area contributed by atoms with E-state index in [0.29, 0.717) is 0 Å². The van der Waals surface area contributed by atoms with Gasteiger partial charge in [-0.2, -0.15) is 0 Å². The molecule has 1 aliphatic rings. The minimum Gasteiger partial charge on any atom is -0.361 e. The number of H-pyrrole nitrogens is 1. The topological polar surface area (TPSA) is 55.5 Å². The van der Waals surface area contributed by atoms with Crippen molar-refractivity contribution in [1.82, 2.24) is 20.5 Å². The van der Waals surface area contributed by atoms with Gasteiger partial charge in [-0.1, -0.05) is 18.2 Å². The van der Waals surface area contributed by atoms with Crippen molar-refractivity contribution in [3.05, 3.63) is 36.0 Å². The van der Waals surface area contributed by atoms with Crippen LogP contribution in [0.2, 0.25) is 0 Å². The Hall–Kier alpha value is -2.01. The number of benzene rings is 1. The van der Waals surface area contributed by atoms with Crippen LogP contribution in [0.25, 0.3) is 10.9 Å². The van der Waals surface area contributed by atoms with Crippen LogP contribution in [-0.2, 0) is 6.42 Å². The molecule has 0 atom stereocenters. The van der Waals surface area contributed by atoms with E-state index in [-0.39, 0.29) is 0 Å². The van der Waals surface area contributed by atoms with E-state index in [0.717, 1.165) is 37.9 Å². The fraction of sp³-hybridized carbons (Fsp3) is 0.571. The predicted molar refractivity (Wildman–Crippen MR) is 111 cm³/mol. The number of aromatic nitrogens is 1. The number of aliphatic imine (C=N–C) groups is 1. The van der Waals surface area contributed by atoms with Gasteiger partial charge >= 0.3 is 0 Å². The molecule has 5 heteroatoms. The minimum absolute atomic E-state index is 0.837. The highest BCUT2D eigenvalue weighted by Crippen LogP contribution is 2.19. The largest absolute Gasteiger partial charge is 0.361 e. The minimum atomic E-state index is 0.837. The number of fused-ring (bicyclic) bond motifs is 1. The van der Waals surface area contributed by atoms with Crippen LogP contribution in [0.4, 0.5) is 0 Å². The van der Waals surface area contributed by atoms with Crippen LogP contribution in [0.15, 0.2) is 35.5 Å². The molecule has 1 fully saturated rings. The Balaban J connectivity index is 1.45. The van der Waals surface area contributed by atoms with E-state index >= 15 is 0 Å². The summed E-state index contributed by atoms with van der Waals surface area (Å²) in [4.78, 5) is 10.6. The van der Waals surface area contributed by atoms with Crippen molar-refractivity contribution < 1.29 is 0 Å². The summed E-state index contributed by atoms with van der Waals surface area (Å²) in [7, 11) is 2.22. The smallest absolute Gasteiger partial charge is 0.191 e. The van der Waals surface area contributed by atoms with Crippen molar-refractivity contribution >= 4 is 16.9 Å². The molecule has 0 spiro atoms. The molecule has 1 aromatic heterocycles. The summed E-state index contributed by atoms with van der Waals surface area (Å²) in [5, 5.41) is 8.17. The normalized spacial score (nSPS) is 16.9. The van der Waals surface area contributed by atoms with Crippen LogP contribution < -0.4 is 10.6 Å². The van der Waals surface area contributed by atoms with Gasteiger partial charge in [-0.3, -0.25) is 4.99 Å². The van der Waals surface area contributed by atoms with E-state index in [2.05, 4.69) is 65.0 Å². The molecule has 1 aromatic carbocycles. The lowest BCUT2D eigenvalue weighted by Gasteiger charge is -2.28. The molecule has 5 nitrogen and oxygen atoms in total. The Kier molecular flexibility index (Phi) is 6.95. The van der Waals surface area contributed by atoms with Gasteiger partial charge in [-0.05, 0) is 70.3 Å². The maximum atomic E-state index is 4.78. The number of nitrogens with one attached hydrogen (secondary N) is 3.